The number of hydrogen-bond donors (Lipinski definition) is 1. The number of fused-ring (bicyclic) bond motifs is 1. The third kappa shape index (κ3) is 3.59. The summed E-state index contributed by atoms with van der Waals surface area (Å²) >= 11 is 0. The van der Waals surface area contributed by atoms with Crippen LogP contribution in [0.2, 0.25) is 0 Å². The molecule has 106 valence electrons. The molecule has 1 aromatic carbocycles. The predicted octanol–water partition coefficient (Wildman–Crippen LogP) is 1.25. The highest BCUT2D eigenvalue weighted by molar-refractivity contribution is 5.45. The average molecular weight is 266 g/mol. The smallest absolute Gasteiger partial charge is 0.231 e. The molecular weight excluding hydrogens is 244 g/mol. The van der Waals surface area contributed by atoms with E-state index in [0.29, 0.717) is 6.79 Å². The molecule has 1 N–H and O–H groups in total. The largest absolute Gasteiger partial charge is 0.454 e. The van der Waals surface area contributed by atoms with E-state index in [2.05, 4.69) is 23.3 Å². The number of hydrogen-bond acceptors (Lipinski definition) is 5. The normalized spacial score (nSPS) is 14.9. The van der Waals surface area contributed by atoms with Crippen molar-refractivity contribution in [1.82, 2.24) is 10.2 Å². The van der Waals surface area contributed by atoms with Crippen molar-refractivity contribution in [2.75, 3.05) is 47.7 Å². The molecule has 0 bridgehead atoms. The molecule has 0 saturated carbocycles. The Hall–Kier alpha value is -1.30. The van der Waals surface area contributed by atoms with Crippen LogP contribution in [0.5, 0.6) is 11.5 Å². The van der Waals surface area contributed by atoms with Gasteiger partial charge in [0.05, 0.1) is 6.61 Å². The Morgan fingerprint density at radius 2 is 2.16 bits per heavy atom. The zero-order chi connectivity index (χ0) is 13.7. The highest BCUT2D eigenvalue weighted by atomic mass is 16.7. The maximum absolute atomic E-state index is 5.42. The van der Waals surface area contributed by atoms with E-state index in [1.54, 1.807) is 7.11 Å². The van der Waals surface area contributed by atoms with E-state index >= 15 is 0 Å². The van der Waals surface area contributed by atoms with Crippen molar-refractivity contribution < 1.29 is 14.2 Å². The van der Waals surface area contributed by atoms with Gasteiger partial charge in [-0.15, -0.1) is 0 Å². The molecule has 0 radical (unpaired) electrons. The Kier molecular flexibility index (Phi) is 5.01. The summed E-state index contributed by atoms with van der Waals surface area (Å²) in [5.74, 6) is 1.66. The molecule has 19 heavy (non-hydrogen) atoms. The number of likely N-dealkylation sites (N-methyl/N-ethyl adjacent to an activating group) is 2. The summed E-state index contributed by atoms with van der Waals surface area (Å²) in [7, 11) is 5.79. The number of benzene rings is 1. The van der Waals surface area contributed by atoms with Crippen LogP contribution in [0, 0.1) is 0 Å². The van der Waals surface area contributed by atoms with Crippen molar-refractivity contribution in [2.24, 2.45) is 0 Å². The van der Waals surface area contributed by atoms with Gasteiger partial charge < -0.3 is 24.4 Å². The number of nitrogens with one attached hydrogen (secondary N) is 1. The lowest BCUT2D eigenvalue weighted by molar-refractivity contribution is 0.156. The van der Waals surface area contributed by atoms with Crippen LogP contribution >= 0.6 is 0 Å². The van der Waals surface area contributed by atoms with Gasteiger partial charge in [0, 0.05) is 26.2 Å². The second-order valence-electron chi connectivity index (χ2n) is 4.71. The molecule has 1 aromatic rings. The monoisotopic (exact) mass is 266 g/mol. The maximum atomic E-state index is 5.42. The molecule has 0 aromatic heterocycles. The summed E-state index contributed by atoms with van der Waals surface area (Å²) in [5.41, 5.74) is 1.20. The van der Waals surface area contributed by atoms with Crippen LogP contribution in [-0.2, 0) is 4.74 Å². The van der Waals surface area contributed by atoms with Crippen molar-refractivity contribution in [1.29, 1.82) is 0 Å². The molecule has 0 aliphatic carbocycles. The highest BCUT2D eigenvalue weighted by Crippen LogP contribution is 2.34. The minimum absolute atomic E-state index is 0.261. The van der Waals surface area contributed by atoms with Gasteiger partial charge in [0.2, 0.25) is 6.79 Å². The van der Waals surface area contributed by atoms with E-state index in [1.165, 1.54) is 5.56 Å². The first kappa shape index (κ1) is 14.1. The van der Waals surface area contributed by atoms with Crippen LogP contribution in [0.4, 0.5) is 0 Å². The van der Waals surface area contributed by atoms with Crippen molar-refractivity contribution >= 4 is 0 Å². The zero-order valence-corrected chi connectivity index (χ0v) is 11.8. The molecule has 1 unspecified atom stereocenters. The lowest BCUT2D eigenvalue weighted by atomic mass is 10.1. The van der Waals surface area contributed by atoms with E-state index in [4.69, 9.17) is 14.2 Å². The third-order valence-corrected chi connectivity index (χ3v) is 3.32. The Balaban J connectivity index is 2.00. The lowest BCUT2D eigenvalue weighted by Crippen LogP contribution is -2.33. The fourth-order valence-electron chi connectivity index (χ4n) is 2.14. The summed E-state index contributed by atoms with van der Waals surface area (Å²) < 4.78 is 15.8. The number of nitrogens with zero attached hydrogens (tertiary/aromatic N) is 1. The van der Waals surface area contributed by atoms with Gasteiger partial charge in [-0.05, 0) is 31.8 Å². The molecule has 5 heteroatoms. The van der Waals surface area contributed by atoms with Crippen molar-refractivity contribution in [3.8, 4) is 11.5 Å². The van der Waals surface area contributed by atoms with Gasteiger partial charge in [-0.25, -0.2) is 0 Å². The SMILES string of the molecule is CNC(CN(C)CCOC)c1ccc2c(c1)OCO2. The molecule has 1 aliphatic heterocycles. The molecular formula is C14H22N2O3. The van der Waals surface area contributed by atoms with Crippen LogP contribution in [0.1, 0.15) is 11.6 Å². The molecule has 5 nitrogen and oxygen atoms in total. The molecule has 0 amide bonds. The van der Waals surface area contributed by atoms with Crippen LogP contribution < -0.4 is 14.8 Å². The molecule has 1 heterocycles. The quantitative estimate of drug-likeness (QED) is 0.804. The van der Waals surface area contributed by atoms with Crippen LogP contribution in [-0.4, -0.2) is 52.6 Å². The van der Waals surface area contributed by atoms with Gasteiger partial charge in [-0.3, -0.25) is 0 Å². The van der Waals surface area contributed by atoms with Gasteiger partial charge >= 0.3 is 0 Å². The molecule has 0 saturated heterocycles. The first-order valence-corrected chi connectivity index (χ1v) is 6.49. The highest BCUT2D eigenvalue weighted by Gasteiger charge is 2.18. The summed E-state index contributed by atoms with van der Waals surface area (Å²) in [4.78, 5) is 2.25. The van der Waals surface area contributed by atoms with Crippen LogP contribution in [0.25, 0.3) is 0 Å². The predicted molar refractivity (Wildman–Crippen MR) is 73.7 cm³/mol. The van der Waals surface area contributed by atoms with Gasteiger partial charge in [-0.2, -0.15) is 0 Å². The van der Waals surface area contributed by atoms with Gasteiger partial charge in [0.1, 0.15) is 0 Å². The molecule has 0 fully saturated rings. The van der Waals surface area contributed by atoms with E-state index in [0.717, 1.165) is 31.2 Å². The number of methoxy groups -OCH3 is 1. The Bertz CT molecular complexity index is 412. The summed E-state index contributed by atoms with van der Waals surface area (Å²) in [6.45, 7) is 2.89. The first-order chi connectivity index (χ1) is 9.24. The lowest BCUT2D eigenvalue weighted by Gasteiger charge is -2.24. The number of ether oxygens (including phenoxy) is 3. The van der Waals surface area contributed by atoms with Gasteiger partial charge in [0.25, 0.3) is 0 Å². The van der Waals surface area contributed by atoms with E-state index < -0.39 is 0 Å². The van der Waals surface area contributed by atoms with E-state index in [9.17, 15) is 0 Å². The Morgan fingerprint density at radius 1 is 1.37 bits per heavy atom. The first-order valence-electron chi connectivity index (χ1n) is 6.49. The van der Waals surface area contributed by atoms with E-state index in [1.807, 2.05) is 19.2 Å². The minimum Gasteiger partial charge on any atom is -0.454 e. The molecule has 0 spiro atoms. The topological polar surface area (TPSA) is 43.0 Å². The summed E-state index contributed by atoms with van der Waals surface area (Å²) in [6, 6.07) is 6.36. The molecule has 1 atom stereocenters. The summed E-state index contributed by atoms with van der Waals surface area (Å²) in [5, 5.41) is 3.34. The van der Waals surface area contributed by atoms with E-state index in [-0.39, 0.29) is 6.04 Å². The second-order valence-corrected chi connectivity index (χ2v) is 4.71. The van der Waals surface area contributed by atoms with Crippen molar-refractivity contribution in [2.45, 2.75) is 6.04 Å². The Labute approximate surface area is 114 Å². The second kappa shape index (κ2) is 6.75. The third-order valence-electron chi connectivity index (χ3n) is 3.32. The summed E-state index contributed by atoms with van der Waals surface area (Å²) in [6.07, 6.45) is 0. The minimum atomic E-state index is 0.261. The van der Waals surface area contributed by atoms with Crippen molar-refractivity contribution in [3.63, 3.8) is 0 Å². The zero-order valence-electron chi connectivity index (χ0n) is 11.8. The molecule has 1 aliphatic rings. The fraction of sp³-hybridized carbons (Fsp3) is 0.571. The molecule has 2 rings (SSSR count). The van der Waals surface area contributed by atoms with Gasteiger partial charge in [-0.1, -0.05) is 6.07 Å². The Morgan fingerprint density at radius 3 is 2.89 bits per heavy atom. The fourth-order valence-corrected chi connectivity index (χ4v) is 2.14. The average Bonchev–Trinajstić information content (AvgIpc) is 2.89. The van der Waals surface area contributed by atoms with Gasteiger partial charge in [0.15, 0.2) is 11.5 Å². The van der Waals surface area contributed by atoms with Crippen LogP contribution in [0.15, 0.2) is 18.2 Å². The standard InChI is InChI=1S/C14H22N2O3/c1-15-12(9-16(2)6-7-17-3)11-4-5-13-14(8-11)19-10-18-13/h4-5,8,12,15H,6-7,9-10H2,1-3H3. The number of rotatable bonds is 7. The van der Waals surface area contributed by atoms with Crippen LogP contribution in [0.3, 0.4) is 0 Å². The maximum Gasteiger partial charge on any atom is 0.231 e. The van der Waals surface area contributed by atoms with Crippen molar-refractivity contribution in [3.05, 3.63) is 23.8 Å².